The molecule has 52 heavy (non-hydrogen) atoms. The van der Waals surface area contributed by atoms with Gasteiger partial charge in [0, 0.05) is 0 Å². The fourth-order valence-electron chi connectivity index (χ4n) is 6.58. The normalized spacial score (nSPS) is 10.8. The van der Waals surface area contributed by atoms with Gasteiger partial charge in [0.2, 0.25) is 0 Å². The minimum atomic E-state index is -0.796. The molecule has 0 atom stereocenters. The molecule has 0 N–H and O–H groups in total. The maximum Gasteiger partial charge on any atom is 0.519 e. The van der Waals surface area contributed by atoms with Crippen LogP contribution in [0.1, 0.15) is 0 Å². The molecular weight excluding hydrogens is 637 g/mol. The Bertz CT molecular complexity index is 2280. The van der Waals surface area contributed by atoms with E-state index in [0.29, 0.717) is 11.5 Å². The van der Waals surface area contributed by atoms with Crippen molar-refractivity contribution in [3.8, 4) is 78.3 Å². The van der Waals surface area contributed by atoms with Crippen LogP contribution in [-0.2, 0) is 0 Å². The number of carbonyl (C=O) groups excluding carboxylic acids is 1. The fourth-order valence-corrected chi connectivity index (χ4v) is 6.58. The van der Waals surface area contributed by atoms with Gasteiger partial charge in [-0.3, -0.25) is 0 Å². The topological polar surface area (TPSA) is 35.5 Å². The second-order valence-corrected chi connectivity index (χ2v) is 12.5. The van der Waals surface area contributed by atoms with Gasteiger partial charge in [0.25, 0.3) is 0 Å². The summed E-state index contributed by atoms with van der Waals surface area (Å²) in [5, 5.41) is 0. The maximum absolute atomic E-state index is 12.9. The first-order valence-corrected chi connectivity index (χ1v) is 17.3. The summed E-state index contributed by atoms with van der Waals surface area (Å²) in [7, 11) is 0. The van der Waals surface area contributed by atoms with E-state index in [-0.39, 0.29) is 0 Å². The fraction of sp³-hybridized carbons (Fsp3) is 0. The summed E-state index contributed by atoms with van der Waals surface area (Å²) < 4.78 is 11.3. The molecule has 3 nitrogen and oxygen atoms in total. The minimum Gasteiger partial charge on any atom is -0.395 e. The highest BCUT2D eigenvalue weighted by atomic mass is 16.7. The van der Waals surface area contributed by atoms with Crippen LogP contribution in [0.2, 0.25) is 0 Å². The molecule has 0 amide bonds. The molecule has 8 aromatic rings. The number of ether oxygens (including phenoxy) is 2. The quantitative estimate of drug-likeness (QED) is 0.119. The summed E-state index contributed by atoms with van der Waals surface area (Å²) in [4.78, 5) is 12.9. The Kier molecular flexibility index (Phi) is 9.22. The molecular formula is C49H34O3. The van der Waals surface area contributed by atoms with Gasteiger partial charge in [-0.15, -0.1) is 0 Å². The van der Waals surface area contributed by atoms with Crippen molar-refractivity contribution in [1.29, 1.82) is 0 Å². The molecule has 0 aliphatic rings. The summed E-state index contributed by atoms with van der Waals surface area (Å²) in [6, 6.07) is 69.5. The zero-order valence-corrected chi connectivity index (χ0v) is 28.4. The van der Waals surface area contributed by atoms with Crippen molar-refractivity contribution in [2.75, 3.05) is 0 Å². The van der Waals surface area contributed by atoms with Gasteiger partial charge in [0.15, 0.2) is 0 Å². The molecule has 0 saturated heterocycles. The van der Waals surface area contributed by atoms with Crippen LogP contribution in [0, 0.1) is 0 Å². The van der Waals surface area contributed by atoms with Gasteiger partial charge in [-0.2, -0.15) is 0 Å². The van der Waals surface area contributed by atoms with Crippen LogP contribution in [0.25, 0.3) is 66.8 Å². The Morgan fingerprint density at radius 2 is 0.558 bits per heavy atom. The van der Waals surface area contributed by atoms with Crippen molar-refractivity contribution < 1.29 is 14.3 Å². The Hall–Kier alpha value is -6.97. The largest absolute Gasteiger partial charge is 0.519 e. The highest BCUT2D eigenvalue weighted by Crippen LogP contribution is 2.35. The first kappa shape index (κ1) is 32.2. The lowest BCUT2D eigenvalue weighted by atomic mass is 9.93. The molecule has 0 radical (unpaired) electrons. The molecule has 8 rings (SSSR count). The summed E-state index contributed by atoms with van der Waals surface area (Å²) in [5.74, 6) is 0.812. The standard InChI is InChI=1S/C49H34O3/c50-49(51-43-19-11-17-41(33-43)35-25-29-39(30-26-35)47-23-9-7-21-45(47)37-13-3-1-4-14-37)52-44-20-12-18-42(34-44)36-27-31-40(32-28-36)48-24-10-8-22-46(48)38-15-5-2-6-16-38/h1-34H. The van der Waals surface area contributed by atoms with E-state index < -0.39 is 6.16 Å². The summed E-state index contributed by atoms with van der Waals surface area (Å²) >= 11 is 0. The van der Waals surface area contributed by atoms with Gasteiger partial charge >= 0.3 is 6.16 Å². The molecule has 0 aliphatic carbocycles. The Balaban J connectivity index is 0.943. The third-order valence-corrected chi connectivity index (χ3v) is 9.15. The van der Waals surface area contributed by atoms with E-state index >= 15 is 0 Å². The van der Waals surface area contributed by atoms with Crippen molar-refractivity contribution in [3.63, 3.8) is 0 Å². The van der Waals surface area contributed by atoms with E-state index in [1.807, 2.05) is 48.5 Å². The number of carbonyl (C=O) groups is 1. The predicted octanol–water partition coefficient (Wildman–Crippen LogP) is 13.3. The lowest BCUT2D eigenvalue weighted by molar-refractivity contribution is 0.152. The van der Waals surface area contributed by atoms with Crippen LogP contribution in [0.15, 0.2) is 206 Å². The molecule has 0 heterocycles. The van der Waals surface area contributed by atoms with Crippen molar-refractivity contribution in [2.45, 2.75) is 0 Å². The van der Waals surface area contributed by atoms with Crippen molar-refractivity contribution in [2.24, 2.45) is 0 Å². The molecule has 8 aromatic carbocycles. The van der Waals surface area contributed by atoms with Gasteiger partial charge in [0.05, 0.1) is 0 Å². The molecule has 0 aromatic heterocycles. The van der Waals surface area contributed by atoms with Crippen LogP contribution in [0.3, 0.4) is 0 Å². The van der Waals surface area contributed by atoms with Gasteiger partial charge in [-0.05, 0) is 91.0 Å². The maximum atomic E-state index is 12.9. The van der Waals surface area contributed by atoms with Crippen molar-refractivity contribution >= 4 is 6.16 Å². The first-order chi connectivity index (χ1) is 25.7. The number of hydrogen-bond donors (Lipinski definition) is 0. The third-order valence-electron chi connectivity index (χ3n) is 9.15. The average Bonchev–Trinajstić information content (AvgIpc) is 3.22. The number of rotatable bonds is 8. The van der Waals surface area contributed by atoms with E-state index in [1.165, 1.54) is 33.4 Å². The molecule has 3 heteroatoms. The Morgan fingerprint density at radius 3 is 0.923 bits per heavy atom. The predicted molar refractivity (Wildman–Crippen MR) is 212 cm³/mol. The van der Waals surface area contributed by atoms with Crippen LogP contribution in [-0.4, -0.2) is 6.16 Å². The van der Waals surface area contributed by atoms with Crippen LogP contribution in [0.5, 0.6) is 11.5 Å². The highest BCUT2D eigenvalue weighted by Gasteiger charge is 2.12. The number of hydrogen-bond acceptors (Lipinski definition) is 3. The van der Waals surface area contributed by atoms with Crippen molar-refractivity contribution in [3.05, 3.63) is 206 Å². The minimum absolute atomic E-state index is 0.406. The van der Waals surface area contributed by atoms with E-state index in [1.54, 1.807) is 12.1 Å². The molecule has 0 bridgehead atoms. The smallest absolute Gasteiger partial charge is 0.395 e. The number of benzene rings is 8. The first-order valence-electron chi connectivity index (χ1n) is 17.3. The third kappa shape index (κ3) is 7.16. The molecule has 0 spiro atoms. The average molecular weight is 671 g/mol. The zero-order valence-electron chi connectivity index (χ0n) is 28.4. The van der Waals surface area contributed by atoms with Gasteiger partial charge in [-0.25, -0.2) is 4.79 Å². The highest BCUT2D eigenvalue weighted by molar-refractivity contribution is 5.86. The monoisotopic (exact) mass is 670 g/mol. The van der Waals surface area contributed by atoms with Crippen LogP contribution in [0.4, 0.5) is 4.79 Å². The Morgan fingerprint density at radius 1 is 0.269 bits per heavy atom. The summed E-state index contributed by atoms with van der Waals surface area (Å²) in [5.41, 5.74) is 13.2. The van der Waals surface area contributed by atoms with Gasteiger partial charge < -0.3 is 9.47 Å². The lowest BCUT2D eigenvalue weighted by Gasteiger charge is -2.12. The van der Waals surface area contributed by atoms with Gasteiger partial charge in [-0.1, -0.05) is 182 Å². The molecule has 0 aliphatic heterocycles. The molecule has 0 unspecified atom stereocenters. The van der Waals surface area contributed by atoms with E-state index in [2.05, 4.69) is 146 Å². The van der Waals surface area contributed by atoms with E-state index in [9.17, 15) is 4.79 Å². The molecule has 0 saturated carbocycles. The van der Waals surface area contributed by atoms with Gasteiger partial charge in [0.1, 0.15) is 11.5 Å². The summed E-state index contributed by atoms with van der Waals surface area (Å²) in [6.07, 6.45) is -0.796. The van der Waals surface area contributed by atoms with E-state index in [0.717, 1.165) is 33.4 Å². The summed E-state index contributed by atoms with van der Waals surface area (Å²) in [6.45, 7) is 0. The van der Waals surface area contributed by atoms with Crippen LogP contribution < -0.4 is 9.47 Å². The lowest BCUT2D eigenvalue weighted by Crippen LogP contribution is -2.13. The van der Waals surface area contributed by atoms with E-state index in [4.69, 9.17) is 9.47 Å². The molecule has 0 fully saturated rings. The zero-order chi connectivity index (χ0) is 35.1. The second kappa shape index (κ2) is 14.9. The SMILES string of the molecule is O=C(Oc1cccc(-c2ccc(-c3ccccc3-c3ccccc3)cc2)c1)Oc1cccc(-c2ccc(-c3ccccc3-c3ccccc3)cc2)c1. The molecule has 248 valence electrons. The van der Waals surface area contributed by atoms with Crippen LogP contribution >= 0.6 is 0 Å². The second-order valence-electron chi connectivity index (χ2n) is 12.5. The van der Waals surface area contributed by atoms with Crippen molar-refractivity contribution in [1.82, 2.24) is 0 Å². The Labute approximate surface area is 304 Å².